The van der Waals surface area contributed by atoms with Gasteiger partial charge >= 0.3 is 12.1 Å². The standard InChI is InChI=1S/C27H33NO7/c1-27(2,3)35-26(30)28-23-21(25(29)31-4)17-33-22(18-32-15-19-11-7-5-8-12-19)24(23)34-16-20-13-9-6-10-14-20/h5-14,17,22-24H,15-16,18H2,1-4H3,(H,28,30)/t22-,23+,24-/m1/s1. The smallest absolute Gasteiger partial charge is 0.408 e. The van der Waals surface area contributed by atoms with Gasteiger partial charge in [-0.05, 0) is 31.9 Å². The molecule has 3 rings (SSSR count). The third-order valence-electron chi connectivity index (χ3n) is 5.17. The molecule has 3 atom stereocenters. The van der Waals surface area contributed by atoms with E-state index in [0.29, 0.717) is 6.61 Å². The molecule has 2 aromatic carbocycles. The summed E-state index contributed by atoms with van der Waals surface area (Å²) in [5.41, 5.74) is 1.35. The van der Waals surface area contributed by atoms with E-state index in [-0.39, 0.29) is 18.8 Å². The molecule has 0 aliphatic carbocycles. The number of alkyl carbamates (subject to hydrolysis) is 1. The minimum absolute atomic E-state index is 0.121. The van der Waals surface area contributed by atoms with Crippen molar-refractivity contribution in [3.8, 4) is 0 Å². The van der Waals surface area contributed by atoms with Crippen LogP contribution in [-0.4, -0.2) is 49.6 Å². The van der Waals surface area contributed by atoms with Crippen LogP contribution in [0.25, 0.3) is 0 Å². The van der Waals surface area contributed by atoms with Gasteiger partial charge in [-0.15, -0.1) is 0 Å². The first-order chi connectivity index (χ1) is 16.8. The number of esters is 1. The van der Waals surface area contributed by atoms with Crippen LogP contribution in [0.4, 0.5) is 4.79 Å². The highest BCUT2D eigenvalue weighted by atomic mass is 16.6. The lowest BCUT2D eigenvalue weighted by atomic mass is 9.95. The molecule has 2 aromatic rings. The number of carbonyl (C=O) groups excluding carboxylic acids is 2. The van der Waals surface area contributed by atoms with Gasteiger partial charge in [-0.1, -0.05) is 60.7 Å². The van der Waals surface area contributed by atoms with Gasteiger partial charge in [0.15, 0.2) is 0 Å². The zero-order chi connectivity index (χ0) is 25.3. The topological polar surface area (TPSA) is 92.3 Å². The van der Waals surface area contributed by atoms with Crippen molar-refractivity contribution in [3.63, 3.8) is 0 Å². The molecule has 0 aromatic heterocycles. The van der Waals surface area contributed by atoms with Crippen molar-refractivity contribution in [2.24, 2.45) is 0 Å². The summed E-state index contributed by atoms with van der Waals surface area (Å²) in [7, 11) is 1.27. The minimum atomic E-state index is -0.875. The summed E-state index contributed by atoms with van der Waals surface area (Å²) in [6.45, 7) is 6.08. The van der Waals surface area contributed by atoms with Gasteiger partial charge in [-0.3, -0.25) is 0 Å². The fourth-order valence-corrected chi connectivity index (χ4v) is 3.56. The Kier molecular flexibility index (Phi) is 9.28. The molecule has 0 bridgehead atoms. The van der Waals surface area contributed by atoms with Crippen molar-refractivity contribution < 1.29 is 33.3 Å². The first-order valence-electron chi connectivity index (χ1n) is 11.5. The number of ether oxygens (including phenoxy) is 5. The second-order valence-corrected chi connectivity index (χ2v) is 9.13. The molecule has 0 unspecified atom stereocenters. The summed E-state index contributed by atoms with van der Waals surface area (Å²) in [5.74, 6) is -0.636. The molecule has 0 fully saturated rings. The van der Waals surface area contributed by atoms with E-state index in [1.807, 2.05) is 60.7 Å². The Morgan fingerprint density at radius 1 is 0.943 bits per heavy atom. The monoisotopic (exact) mass is 483 g/mol. The van der Waals surface area contributed by atoms with Crippen molar-refractivity contribution in [1.82, 2.24) is 5.32 Å². The quantitative estimate of drug-likeness (QED) is 0.536. The van der Waals surface area contributed by atoms with E-state index < -0.39 is 35.9 Å². The maximum atomic E-state index is 12.7. The molecule has 1 aliphatic heterocycles. The lowest BCUT2D eigenvalue weighted by Gasteiger charge is -2.37. The van der Waals surface area contributed by atoms with E-state index in [2.05, 4.69) is 5.32 Å². The van der Waals surface area contributed by atoms with Crippen LogP contribution >= 0.6 is 0 Å². The van der Waals surface area contributed by atoms with Crippen LogP contribution in [0.1, 0.15) is 31.9 Å². The molecule has 1 heterocycles. The predicted octanol–water partition coefficient (Wildman–Crippen LogP) is 4.14. The largest absolute Gasteiger partial charge is 0.492 e. The van der Waals surface area contributed by atoms with Crippen LogP contribution in [-0.2, 0) is 41.7 Å². The maximum absolute atomic E-state index is 12.7. The Labute approximate surface area is 206 Å². The van der Waals surface area contributed by atoms with Crippen LogP contribution in [0.3, 0.4) is 0 Å². The minimum Gasteiger partial charge on any atom is -0.492 e. The number of hydrogen-bond acceptors (Lipinski definition) is 7. The molecule has 8 nitrogen and oxygen atoms in total. The summed E-state index contributed by atoms with van der Waals surface area (Å²) in [6, 6.07) is 18.5. The van der Waals surface area contributed by atoms with Gasteiger partial charge in [0.05, 0.1) is 44.8 Å². The zero-order valence-electron chi connectivity index (χ0n) is 20.6. The summed E-state index contributed by atoms with van der Waals surface area (Å²) >= 11 is 0. The Hall–Kier alpha value is -3.36. The lowest BCUT2D eigenvalue weighted by molar-refractivity contribution is -0.141. The van der Waals surface area contributed by atoms with Crippen molar-refractivity contribution in [2.45, 2.75) is 57.8 Å². The van der Waals surface area contributed by atoms with Crippen molar-refractivity contribution in [3.05, 3.63) is 83.6 Å². The first-order valence-corrected chi connectivity index (χ1v) is 11.5. The lowest BCUT2D eigenvalue weighted by Crippen LogP contribution is -2.56. The van der Waals surface area contributed by atoms with Gasteiger partial charge in [0.25, 0.3) is 0 Å². The van der Waals surface area contributed by atoms with Gasteiger partial charge in [0.1, 0.15) is 17.8 Å². The summed E-state index contributed by atoms with van der Waals surface area (Å²) in [5, 5.41) is 2.77. The predicted molar refractivity (Wildman–Crippen MR) is 129 cm³/mol. The molecular formula is C27H33NO7. The molecule has 1 N–H and O–H groups in total. The van der Waals surface area contributed by atoms with E-state index in [0.717, 1.165) is 11.1 Å². The Morgan fingerprint density at radius 2 is 1.54 bits per heavy atom. The van der Waals surface area contributed by atoms with Gasteiger partial charge in [-0.2, -0.15) is 0 Å². The maximum Gasteiger partial charge on any atom is 0.408 e. The van der Waals surface area contributed by atoms with E-state index in [9.17, 15) is 9.59 Å². The normalized spacial score (nSPS) is 19.8. The Morgan fingerprint density at radius 3 is 2.11 bits per heavy atom. The number of nitrogens with one attached hydrogen (secondary N) is 1. The van der Waals surface area contributed by atoms with E-state index in [1.165, 1.54) is 13.4 Å². The van der Waals surface area contributed by atoms with Crippen LogP contribution in [0.15, 0.2) is 72.5 Å². The molecule has 188 valence electrons. The van der Waals surface area contributed by atoms with Gasteiger partial charge in [-0.25, -0.2) is 9.59 Å². The van der Waals surface area contributed by atoms with Crippen molar-refractivity contribution in [2.75, 3.05) is 13.7 Å². The molecule has 1 amide bonds. The third kappa shape index (κ3) is 8.12. The number of carbonyl (C=O) groups is 2. The zero-order valence-corrected chi connectivity index (χ0v) is 20.6. The number of benzene rings is 2. The Bertz CT molecular complexity index is 986. The molecule has 8 heteroatoms. The van der Waals surface area contributed by atoms with Gasteiger partial charge < -0.3 is 29.0 Å². The summed E-state index contributed by atoms with van der Waals surface area (Å²) < 4.78 is 28.3. The Balaban J connectivity index is 1.81. The molecule has 0 radical (unpaired) electrons. The molecule has 35 heavy (non-hydrogen) atoms. The van der Waals surface area contributed by atoms with E-state index in [4.69, 9.17) is 23.7 Å². The molecule has 0 saturated carbocycles. The van der Waals surface area contributed by atoms with Crippen LogP contribution in [0.2, 0.25) is 0 Å². The number of rotatable bonds is 9. The molecule has 1 aliphatic rings. The van der Waals surface area contributed by atoms with Crippen molar-refractivity contribution >= 4 is 12.1 Å². The van der Waals surface area contributed by atoms with Gasteiger partial charge in [0.2, 0.25) is 0 Å². The van der Waals surface area contributed by atoms with Crippen LogP contribution in [0, 0.1) is 0 Å². The first kappa shape index (κ1) is 26.2. The van der Waals surface area contributed by atoms with Gasteiger partial charge in [0, 0.05) is 0 Å². The highest BCUT2D eigenvalue weighted by Gasteiger charge is 2.42. The fourth-order valence-electron chi connectivity index (χ4n) is 3.56. The fraction of sp³-hybridized carbons (Fsp3) is 0.407. The second kappa shape index (κ2) is 12.4. The van der Waals surface area contributed by atoms with Crippen LogP contribution < -0.4 is 5.32 Å². The SMILES string of the molecule is COC(=O)C1=CO[C@H](COCc2ccccc2)[C@@H](OCc2ccccc2)[C@H]1NC(=O)OC(C)(C)C. The highest BCUT2D eigenvalue weighted by Crippen LogP contribution is 2.25. The molecule has 0 saturated heterocycles. The molecular weight excluding hydrogens is 450 g/mol. The number of amides is 1. The van der Waals surface area contributed by atoms with Crippen LogP contribution in [0.5, 0.6) is 0 Å². The summed E-state index contributed by atoms with van der Waals surface area (Å²) in [4.78, 5) is 25.2. The molecule has 0 spiro atoms. The average Bonchev–Trinajstić information content (AvgIpc) is 2.83. The highest BCUT2D eigenvalue weighted by molar-refractivity contribution is 5.90. The average molecular weight is 484 g/mol. The summed E-state index contributed by atoms with van der Waals surface area (Å²) in [6.07, 6.45) is -0.739. The number of methoxy groups -OCH3 is 1. The third-order valence-corrected chi connectivity index (χ3v) is 5.17. The van der Waals surface area contributed by atoms with E-state index >= 15 is 0 Å². The second-order valence-electron chi connectivity index (χ2n) is 9.13. The van der Waals surface area contributed by atoms with Crippen molar-refractivity contribution in [1.29, 1.82) is 0 Å². The van der Waals surface area contributed by atoms with E-state index in [1.54, 1.807) is 20.8 Å². The number of hydrogen-bond donors (Lipinski definition) is 1.